The third-order valence-electron chi connectivity index (χ3n) is 3.76. The van der Waals surface area contributed by atoms with Gasteiger partial charge in [-0.1, -0.05) is 18.9 Å². The number of anilines is 1. The summed E-state index contributed by atoms with van der Waals surface area (Å²) in [6, 6.07) is 5.40. The highest BCUT2D eigenvalue weighted by molar-refractivity contribution is 14.0. The van der Waals surface area contributed by atoms with Crippen molar-refractivity contribution in [1.29, 1.82) is 0 Å². The van der Waals surface area contributed by atoms with Gasteiger partial charge in [0.05, 0.1) is 11.3 Å². The van der Waals surface area contributed by atoms with Gasteiger partial charge in [0, 0.05) is 12.5 Å². The summed E-state index contributed by atoms with van der Waals surface area (Å²) in [5.74, 6) is 0.784. The number of aromatic nitrogens is 1. The van der Waals surface area contributed by atoms with E-state index in [0.29, 0.717) is 18.7 Å². The monoisotopic (exact) mass is 424 g/mol. The summed E-state index contributed by atoms with van der Waals surface area (Å²) in [4.78, 5) is 8.28. The van der Waals surface area contributed by atoms with Gasteiger partial charge in [-0.25, -0.2) is 13.4 Å². The maximum Gasteiger partial charge on any atom is 0.194 e. The number of nitrogens with two attached hydrogens (primary N) is 1. The van der Waals surface area contributed by atoms with Crippen LogP contribution in [-0.4, -0.2) is 36.9 Å². The first-order valence-electron chi connectivity index (χ1n) is 6.61. The van der Waals surface area contributed by atoms with Crippen LogP contribution in [-0.2, 0) is 9.84 Å². The molecule has 1 aliphatic rings. The van der Waals surface area contributed by atoms with Crippen LogP contribution in [0, 0.1) is 0 Å². The van der Waals surface area contributed by atoms with Gasteiger partial charge in [0.1, 0.15) is 5.82 Å². The quantitative estimate of drug-likeness (QED) is 0.436. The van der Waals surface area contributed by atoms with Crippen LogP contribution < -0.4 is 11.1 Å². The zero-order chi connectivity index (χ0) is 14.6. The van der Waals surface area contributed by atoms with Crippen molar-refractivity contribution < 1.29 is 8.42 Å². The van der Waals surface area contributed by atoms with Gasteiger partial charge >= 0.3 is 0 Å². The van der Waals surface area contributed by atoms with Crippen LogP contribution in [0.1, 0.15) is 25.7 Å². The highest BCUT2D eigenvalue weighted by atomic mass is 127. The Hall–Kier alpha value is -0.900. The summed E-state index contributed by atoms with van der Waals surface area (Å²) >= 11 is 0. The number of pyridine rings is 1. The van der Waals surface area contributed by atoms with Gasteiger partial charge in [0.15, 0.2) is 15.8 Å². The Morgan fingerprint density at radius 3 is 2.62 bits per heavy atom. The van der Waals surface area contributed by atoms with Crippen LogP contribution in [0.3, 0.4) is 0 Å². The van der Waals surface area contributed by atoms with Crippen LogP contribution >= 0.6 is 24.0 Å². The van der Waals surface area contributed by atoms with Crippen molar-refractivity contribution in [3.63, 3.8) is 0 Å². The molecule has 1 aliphatic carbocycles. The number of aliphatic imine (C=N–C) groups is 1. The normalized spacial score (nSPS) is 18.0. The molecule has 0 spiro atoms. The molecule has 0 saturated heterocycles. The van der Waals surface area contributed by atoms with E-state index in [9.17, 15) is 8.42 Å². The highest BCUT2D eigenvalue weighted by Gasteiger charge is 2.43. The Morgan fingerprint density at radius 2 is 2.10 bits per heavy atom. The summed E-state index contributed by atoms with van der Waals surface area (Å²) in [6.45, 7) is 0.206. The van der Waals surface area contributed by atoms with Gasteiger partial charge < -0.3 is 11.1 Å². The summed E-state index contributed by atoms with van der Waals surface area (Å²) in [5, 5.41) is 2.86. The molecule has 0 aliphatic heterocycles. The Balaban J connectivity index is 0.00000220. The number of halogens is 1. The first-order chi connectivity index (χ1) is 9.43. The van der Waals surface area contributed by atoms with Crippen LogP contribution in [0.2, 0.25) is 0 Å². The Bertz CT molecular complexity index is 583. The highest BCUT2D eigenvalue weighted by Crippen LogP contribution is 2.36. The average Bonchev–Trinajstić information content (AvgIpc) is 2.87. The molecule has 3 N–H and O–H groups in total. The summed E-state index contributed by atoms with van der Waals surface area (Å²) in [5.41, 5.74) is 5.79. The lowest BCUT2D eigenvalue weighted by Gasteiger charge is -2.24. The van der Waals surface area contributed by atoms with Crippen LogP contribution in [0.5, 0.6) is 0 Å². The molecule has 1 saturated carbocycles. The molecule has 2 rings (SSSR count). The molecule has 0 atom stereocenters. The maximum atomic E-state index is 12.0. The Labute approximate surface area is 142 Å². The zero-order valence-corrected chi connectivity index (χ0v) is 15.1. The number of nitrogens with zero attached hydrogens (tertiary/aromatic N) is 2. The molecule has 118 valence electrons. The minimum atomic E-state index is -3.14. The smallest absolute Gasteiger partial charge is 0.194 e. The van der Waals surface area contributed by atoms with Crippen LogP contribution in [0.15, 0.2) is 29.4 Å². The molecule has 1 fully saturated rings. The molecule has 0 radical (unpaired) electrons. The first-order valence-corrected chi connectivity index (χ1v) is 8.50. The number of sulfone groups is 1. The SMILES string of the molecule is CS(=O)(=O)C1(CN=C(N)Nc2ccccn2)CCCC1.I. The van der Waals surface area contributed by atoms with E-state index in [1.807, 2.05) is 6.07 Å². The number of hydrogen-bond donors (Lipinski definition) is 2. The molecule has 0 bridgehead atoms. The molecule has 1 heterocycles. The number of guanidine groups is 1. The fraction of sp³-hybridized carbons (Fsp3) is 0.538. The predicted molar refractivity (Wildman–Crippen MR) is 95.8 cm³/mol. The second kappa shape index (κ2) is 7.39. The van der Waals surface area contributed by atoms with Crippen molar-refractivity contribution in [1.82, 2.24) is 4.98 Å². The molecule has 0 unspecified atom stereocenters. The largest absolute Gasteiger partial charge is 0.370 e. The van der Waals surface area contributed by atoms with E-state index in [1.54, 1.807) is 18.3 Å². The number of hydrogen-bond acceptors (Lipinski definition) is 4. The van der Waals surface area contributed by atoms with E-state index < -0.39 is 14.6 Å². The number of rotatable bonds is 4. The lowest BCUT2D eigenvalue weighted by Crippen LogP contribution is -2.39. The molecule has 8 heteroatoms. The fourth-order valence-electron chi connectivity index (χ4n) is 2.50. The molecule has 21 heavy (non-hydrogen) atoms. The van der Waals surface area contributed by atoms with Gasteiger partial charge in [-0.15, -0.1) is 24.0 Å². The fourth-order valence-corrected chi connectivity index (χ4v) is 3.83. The molecule has 1 aromatic rings. The third-order valence-corrected chi connectivity index (χ3v) is 5.87. The lowest BCUT2D eigenvalue weighted by atomic mass is 10.1. The van der Waals surface area contributed by atoms with Crippen LogP contribution in [0.25, 0.3) is 0 Å². The third kappa shape index (κ3) is 4.53. The Morgan fingerprint density at radius 1 is 1.43 bits per heavy atom. The molecular weight excluding hydrogens is 403 g/mol. The van der Waals surface area contributed by atoms with Crippen molar-refractivity contribution in [3.8, 4) is 0 Å². The van der Waals surface area contributed by atoms with Gasteiger partial charge in [0.25, 0.3) is 0 Å². The molecule has 0 amide bonds. The second-order valence-corrected chi connectivity index (χ2v) is 7.61. The zero-order valence-electron chi connectivity index (χ0n) is 11.9. The lowest BCUT2D eigenvalue weighted by molar-refractivity contribution is 0.521. The van der Waals surface area contributed by atoms with E-state index in [0.717, 1.165) is 12.8 Å². The molecule has 6 nitrogen and oxygen atoms in total. The second-order valence-electron chi connectivity index (χ2n) is 5.20. The first kappa shape index (κ1) is 18.1. The average molecular weight is 424 g/mol. The number of nitrogens with one attached hydrogen (secondary N) is 1. The van der Waals surface area contributed by atoms with Gasteiger partial charge in [-0.3, -0.25) is 4.99 Å². The maximum absolute atomic E-state index is 12.0. The van der Waals surface area contributed by atoms with Crippen molar-refractivity contribution in [3.05, 3.63) is 24.4 Å². The van der Waals surface area contributed by atoms with E-state index >= 15 is 0 Å². The van der Waals surface area contributed by atoms with Crippen molar-refractivity contribution in [2.45, 2.75) is 30.4 Å². The predicted octanol–water partition coefficient (Wildman–Crippen LogP) is 1.78. The molecule has 0 aromatic carbocycles. The topological polar surface area (TPSA) is 97.4 Å². The summed E-state index contributed by atoms with van der Waals surface area (Å²) < 4.78 is 23.2. The van der Waals surface area contributed by atoms with Crippen molar-refractivity contribution >= 4 is 45.6 Å². The van der Waals surface area contributed by atoms with E-state index in [-0.39, 0.29) is 36.5 Å². The standard InChI is InChI=1S/C13H20N4O2S.HI/c1-20(18,19)13(7-3-4-8-13)10-16-12(14)17-11-6-2-5-9-15-11;/h2,5-6,9H,3-4,7-8,10H2,1H3,(H3,14,15,16,17);1H. The minimum absolute atomic E-state index is 0. The molecular formula is C13H21IN4O2S. The van der Waals surface area contributed by atoms with Gasteiger partial charge in [0.2, 0.25) is 0 Å². The Kier molecular flexibility index (Phi) is 6.39. The van der Waals surface area contributed by atoms with E-state index in [1.165, 1.54) is 6.26 Å². The van der Waals surface area contributed by atoms with Crippen molar-refractivity contribution in [2.75, 3.05) is 18.1 Å². The van der Waals surface area contributed by atoms with Gasteiger partial charge in [-0.05, 0) is 25.0 Å². The molecule has 1 aromatic heterocycles. The van der Waals surface area contributed by atoms with E-state index in [2.05, 4.69) is 15.3 Å². The van der Waals surface area contributed by atoms with E-state index in [4.69, 9.17) is 5.73 Å². The van der Waals surface area contributed by atoms with Gasteiger partial charge in [-0.2, -0.15) is 0 Å². The van der Waals surface area contributed by atoms with Crippen LogP contribution in [0.4, 0.5) is 5.82 Å². The minimum Gasteiger partial charge on any atom is -0.370 e. The summed E-state index contributed by atoms with van der Waals surface area (Å²) in [6.07, 6.45) is 6.10. The van der Waals surface area contributed by atoms with Crippen molar-refractivity contribution in [2.24, 2.45) is 10.7 Å². The summed E-state index contributed by atoms with van der Waals surface area (Å²) in [7, 11) is -3.14.